The van der Waals surface area contributed by atoms with E-state index in [1.165, 1.54) is 83.2 Å². The molecule has 4 heteroatoms. The number of benzene rings is 7. The number of para-hydroxylation sites is 4. The van der Waals surface area contributed by atoms with E-state index in [0.717, 1.165) is 12.1 Å². The minimum atomic E-state index is -0.0139. The standard InChI is InChI=1S/C52H42N4/c1-34-14-13-23-49-50(34)43-33-39(38-28-30-46-42(32-38)41-19-9-11-21-45(41)55(46)40-17-7-4-8-18-40)29-31-47(43)56(49)52-51(53-44-20-10-12-22-48(44)54(52)2)37-26-24-36(25-27-37)35-15-5-3-6-16-35/h3-13,15-34,51-53H,14H2,1-2H3. The molecule has 0 saturated heterocycles. The molecule has 1 aliphatic carbocycles. The maximum atomic E-state index is 4.02. The first-order chi connectivity index (χ1) is 27.6. The third-order valence-electron chi connectivity index (χ3n) is 12.3. The second-order valence-electron chi connectivity index (χ2n) is 15.5. The number of fused-ring (bicyclic) bond motifs is 7. The molecule has 1 aliphatic heterocycles. The summed E-state index contributed by atoms with van der Waals surface area (Å²) < 4.78 is 5.01. The van der Waals surface area contributed by atoms with Crippen molar-refractivity contribution >= 4 is 50.2 Å². The van der Waals surface area contributed by atoms with E-state index in [4.69, 9.17) is 0 Å². The number of allylic oxidation sites excluding steroid dienone is 1. The zero-order valence-corrected chi connectivity index (χ0v) is 31.6. The lowest BCUT2D eigenvalue weighted by Gasteiger charge is -2.44. The van der Waals surface area contributed by atoms with Crippen LogP contribution >= 0.6 is 0 Å². The monoisotopic (exact) mass is 722 g/mol. The molecule has 2 aromatic heterocycles. The molecule has 0 spiro atoms. The van der Waals surface area contributed by atoms with Gasteiger partial charge in [-0.25, -0.2) is 0 Å². The summed E-state index contributed by atoms with van der Waals surface area (Å²) in [6.07, 6.45) is 5.77. The fraction of sp³-hybridized carbons (Fsp3) is 0.115. The average Bonchev–Trinajstić information content (AvgIpc) is 3.77. The topological polar surface area (TPSA) is 25.1 Å². The summed E-state index contributed by atoms with van der Waals surface area (Å²) >= 11 is 0. The van der Waals surface area contributed by atoms with Gasteiger partial charge in [0.1, 0.15) is 6.17 Å². The number of nitrogens with zero attached hydrogens (tertiary/aromatic N) is 3. The lowest BCUT2D eigenvalue weighted by atomic mass is 9.89. The van der Waals surface area contributed by atoms with Gasteiger partial charge >= 0.3 is 0 Å². The molecule has 11 rings (SSSR count). The Labute approximate surface area is 327 Å². The zero-order valence-electron chi connectivity index (χ0n) is 31.6. The Kier molecular flexibility index (Phi) is 7.53. The van der Waals surface area contributed by atoms with E-state index in [9.17, 15) is 0 Å². The highest BCUT2D eigenvalue weighted by molar-refractivity contribution is 6.10. The molecule has 0 fully saturated rings. The molecule has 0 bridgehead atoms. The Hall–Kier alpha value is -6.78. The number of hydrogen-bond donors (Lipinski definition) is 1. The van der Waals surface area contributed by atoms with Gasteiger partial charge in [0.05, 0.1) is 34.0 Å². The largest absolute Gasteiger partial charge is 0.373 e. The third kappa shape index (κ3) is 5.06. The van der Waals surface area contributed by atoms with Gasteiger partial charge in [0.2, 0.25) is 0 Å². The fourth-order valence-corrected chi connectivity index (χ4v) is 9.62. The van der Waals surface area contributed by atoms with Crippen LogP contribution in [0.25, 0.3) is 66.7 Å². The number of anilines is 2. The predicted octanol–water partition coefficient (Wildman–Crippen LogP) is 13.4. The summed E-state index contributed by atoms with van der Waals surface area (Å²) in [7, 11) is 2.26. The van der Waals surface area contributed by atoms with Gasteiger partial charge in [0.15, 0.2) is 0 Å². The number of likely N-dealkylation sites (N-methyl/N-ethyl adjacent to an activating group) is 1. The van der Waals surface area contributed by atoms with Gasteiger partial charge in [-0.05, 0) is 106 Å². The number of nitrogens with one attached hydrogen (secondary N) is 1. The molecular formula is C52H42N4. The van der Waals surface area contributed by atoms with Crippen LogP contribution < -0.4 is 10.2 Å². The Balaban J connectivity index is 1.07. The lowest BCUT2D eigenvalue weighted by Crippen LogP contribution is -2.41. The molecular weight excluding hydrogens is 681 g/mol. The van der Waals surface area contributed by atoms with Gasteiger partial charge in [-0.1, -0.05) is 128 Å². The lowest BCUT2D eigenvalue weighted by molar-refractivity contribution is 0.430. The number of rotatable bonds is 5. The van der Waals surface area contributed by atoms with E-state index in [0.29, 0.717) is 5.92 Å². The third-order valence-corrected chi connectivity index (χ3v) is 12.3. The van der Waals surface area contributed by atoms with Crippen molar-refractivity contribution in [1.82, 2.24) is 9.13 Å². The molecule has 4 nitrogen and oxygen atoms in total. The highest BCUT2D eigenvalue weighted by Gasteiger charge is 2.38. The van der Waals surface area contributed by atoms with Crippen molar-refractivity contribution in [3.8, 4) is 27.9 Å². The summed E-state index contributed by atoms with van der Waals surface area (Å²) in [4.78, 5) is 2.48. The fourth-order valence-electron chi connectivity index (χ4n) is 9.62. The van der Waals surface area contributed by atoms with Gasteiger partial charge in [-0.3, -0.25) is 0 Å². The van der Waals surface area contributed by atoms with Gasteiger partial charge < -0.3 is 19.4 Å². The Morgan fingerprint density at radius 2 is 1.18 bits per heavy atom. The van der Waals surface area contributed by atoms with Crippen LogP contribution in [0.15, 0.2) is 176 Å². The second-order valence-corrected chi connectivity index (χ2v) is 15.5. The number of aromatic nitrogens is 2. The predicted molar refractivity (Wildman–Crippen MR) is 236 cm³/mol. The molecule has 9 aromatic rings. The van der Waals surface area contributed by atoms with Gasteiger partial charge in [-0.15, -0.1) is 0 Å². The maximum Gasteiger partial charge on any atom is 0.131 e. The minimum absolute atomic E-state index is 0.00840. The van der Waals surface area contributed by atoms with Crippen LogP contribution in [0.2, 0.25) is 0 Å². The average molecular weight is 723 g/mol. The Morgan fingerprint density at radius 1 is 0.554 bits per heavy atom. The van der Waals surface area contributed by atoms with E-state index in [2.05, 4.69) is 215 Å². The first kappa shape index (κ1) is 32.6. The van der Waals surface area contributed by atoms with E-state index in [1.807, 2.05) is 0 Å². The molecule has 3 atom stereocenters. The van der Waals surface area contributed by atoms with Crippen molar-refractivity contribution in [1.29, 1.82) is 0 Å². The summed E-state index contributed by atoms with van der Waals surface area (Å²) in [5.41, 5.74) is 16.2. The van der Waals surface area contributed by atoms with E-state index in [1.54, 1.807) is 0 Å². The van der Waals surface area contributed by atoms with E-state index < -0.39 is 0 Å². The van der Waals surface area contributed by atoms with E-state index in [-0.39, 0.29) is 12.2 Å². The van der Waals surface area contributed by atoms with Crippen molar-refractivity contribution in [2.45, 2.75) is 31.5 Å². The van der Waals surface area contributed by atoms with Crippen LogP contribution in [0.5, 0.6) is 0 Å². The first-order valence-corrected chi connectivity index (χ1v) is 19.8. The molecule has 270 valence electrons. The van der Waals surface area contributed by atoms with Crippen LogP contribution in [0.1, 0.15) is 48.3 Å². The van der Waals surface area contributed by atoms with E-state index >= 15 is 0 Å². The van der Waals surface area contributed by atoms with Crippen LogP contribution in [0.4, 0.5) is 11.4 Å². The van der Waals surface area contributed by atoms with Crippen molar-refractivity contribution in [2.75, 3.05) is 17.3 Å². The van der Waals surface area contributed by atoms with Gasteiger partial charge in [0, 0.05) is 34.6 Å². The Bertz CT molecular complexity index is 2950. The molecule has 3 heterocycles. The van der Waals surface area contributed by atoms with Crippen molar-refractivity contribution in [3.05, 3.63) is 193 Å². The SMILES string of the molecule is CC1CC=Cc2c1c1cc(-c3ccc4c(c3)c3ccccc3n4-c3ccccc3)ccc1n2C1C(c2ccc(-c3ccccc3)cc2)Nc2ccccc2N1C. The minimum Gasteiger partial charge on any atom is -0.373 e. The van der Waals surface area contributed by atoms with Gasteiger partial charge in [-0.2, -0.15) is 0 Å². The summed E-state index contributed by atoms with van der Waals surface area (Å²) in [5, 5.41) is 7.90. The molecule has 0 radical (unpaired) electrons. The highest BCUT2D eigenvalue weighted by Crippen LogP contribution is 2.49. The normalized spacial score (nSPS) is 17.6. The summed E-state index contributed by atoms with van der Waals surface area (Å²) in [6.45, 7) is 2.39. The summed E-state index contributed by atoms with van der Waals surface area (Å²) in [5.74, 6) is 0.401. The molecule has 7 aromatic carbocycles. The molecule has 1 N–H and O–H groups in total. The quantitative estimate of drug-likeness (QED) is 0.191. The molecule has 56 heavy (non-hydrogen) atoms. The summed E-state index contributed by atoms with van der Waals surface area (Å²) in [6, 6.07) is 62.2. The van der Waals surface area contributed by atoms with Crippen molar-refractivity contribution in [3.63, 3.8) is 0 Å². The molecule has 3 unspecified atom stereocenters. The van der Waals surface area contributed by atoms with Crippen LogP contribution in [-0.2, 0) is 0 Å². The Morgan fingerprint density at radius 3 is 1.98 bits per heavy atom. The van der Waals surface area contributed by atoms with Crippen LogP contribution in [-0.4, -0.2) is 16.2 Å². The molecule has 0 saturated carbocycles. The molecule has 0 amide bonds. The molecule has 2 aliphatic rings. The van der Waals surface area contributed by atoms with Crippen molar-refractivity contribution in [2.24, 2.45) is 0 Å². The smallest absolute Gasteiger partial charge is 0.131 e. The van der Waals surface area contributed by atoms with Crippen molar-refractivity contribution < 1.29 is 0 Å². The van der Waals surface area contributed by atoms with Crippen LogP contribution in [0.3, 0.4) is 0 Å². The maximum absolute atomic E-state index is 4.02. The number of hydrogen-bond acceptors (Lipinski definition) is 2. The zero-order chi connectivity index (χ0) is 37.3. The van der Waals surface area contributed by atoms with Crippen LogP contribution in [0, 0.1) is 0 Å². The van der Waals surface area contributed by atoms with Gasteiger partial charge in [0.25, 0.3) is 0 Å². The highest BCUT2D eigenvalue weighted by atomic mass is 15.3. The first-order valence-electron chi connectivity index (χ1n) is 19.8. The second kappa shape index (κ2) is 12.9.